The van der Waals surface area contributed by atoms with Gasteiger partial charge < -0.3 is 36.1 Å². The number of carboxylic acids is 1. The zero-order chi connectivity index (χ0) is 32.6. The number of aromatic amines is 1. The number of rotatable bonds is 18. The molecule has 3 aromatic rings. The van der Waals surface area contributed by atoms with Crippen LogP contribution < -0.4 is 21.3 Å². The highest BCUT2D eigenvalue weighted by atomic mass is 32.1. The second kappa shape index (κ2) is 18.4. The van der Waals surface area contributed by atoms with Crippen molar-refractivity contribution in [2.45, 2.75) is 83.5 Å². The second-order valence-electron chi connectivity index (χ2n) is 11.1. The maximum Gasteiger partial charge on any atom is 0.408 e. The third-order valence-corrected chi connectivity index (χ3v) is 7.37. The third kappa shape index (κ3) is 12.6. The highest BCUT2D eigenvalue weighted by molar-refractivity contribution is 7.80. The van der Waals surface area contributed by atoms with Gasteiger partial charge in [-0.05, 0) is 63.1 Å². The van der Waals surface area contributed by atoms with Gasteiger partial charge in [0.05, 0.1) is 4.99 Å². The van der Waals surface area contributed by atoms with Crippen LogP contribution in [-0.2, 0) is 32.1 Å². The number of fused-ring (bicyclic) bond motifs is 1. The third-order valence-electron chi connectivity index (χ3n) is 7.02. The Balaban J connectivity index is 1.65. The molecule has 242 valence electrons. The van der Waals surface area contributed by atoms with Crippen molar-refractivity contribution in [3.63, 3.8) is 0 Å². The van der Waals surface area contributed by atoms with Crippen molar-refractivity contribution in [1.29, 1.82) is 0 Å². The largest absolute Gasteiger partial charge is 0.481 e. The average molecular weight is 638 g/mol. The molecule has 2 atom stereocenters. The van der Waals surface area contributed by atoms with Gasteiger partial charge in [0.25, 0.3) is 0 Å². The van der Waals surface area contributed by atoms with E-state index in [1.165, 1.54) is 0 Å². The van der Waals surface area contributed by atoms with E-state index < -0.39 is 30.1 Å². The number of para-hydroxylation sites is 1. The minimum absolute atomic E-state index is 0.0459. The zero-order valence-corrected chi connectivity index (χ0v) is 26.6. The molecular formula is C33H43N5O6S. The van der Waals surface area contributed by atoms with E-state index in [-0.39, 0.29) is 31.4 Å². The van der Waals surface area contributed by atoms with Crippen LogP contribution in [0.25, 0.3) is 10.9 Å². The van der Waals surface area contributed by atoms with E-state index in [4.69, 9.17) is 22.1 Å². The Hall–Kier alpha value is -4.45. The number of H-pyrrole nitrogens is 1. The molecule has 6 N–H and O–H groups in total. The molecule has 3 rings (SSSR count). The van der Waals surface area contributed by atoms with Crippen LogP contribution >= 0.6 is 12.2 Å². The van der Waals surface area contributed by atoms with Gasteiger partial charge in [-0.15, -0.1) is 0 Å². The number of amides is 3. The van der Waals surface area contributed by atoms with Gasteiger partial charge in [0.15, 0.2) is 0 Å². The number of carboxylic acid groups (broad SMARTS) is 1. The number of thiocarbonyl (C=S) groups is 1. The van der Waals surface area contributed by atoms with Crippen LogP contribution in [-0.4, -0.2) is 63.6 Å². The molecule has 0 unspecified atom stereocenters. The van der Waals surface area contributed by atoms with E-state index in [0.29, 0.717) is 43.6 Å². The molecule has 3 amide bonds. The Morgan fingerprint density at radius 3 is 2.31 bits per heavy atom. The summed E-state index contributed by atoms with van der Waals surface area (Å²) in [5, 5.41) is 21.3. The minimum atomic E-state index is -0.951. The van der Waals surface area contributed by atoms with Gasteiger partial charge in [0.1, 0.15) is 18.7 Å². The number of hydrogen-bond acceptors (Lipinski definition) is 6. The smallest absolute Gasteiger partial charge is 0.408 e. The van der Waals surface area contributed by atoms with E-state index in [2.05, 4.69) is 26.3 Å². The number of aromatic nitrogens is 1. The molecule has 0 fully saturated rings. The molecule has 0 bridgehead atoms. The normalized spacial score (nSPS) is 12.2. The Labute approximate surface area is 268 Å². The van der Waals surface area contributed by atoms with Gasteiger partial charge >= 0.3 is 12.1 Å². The summed E-state index contributed by atoms with van der Waals surface area (Å²) >= 11 is 5.27. The van der Waals surface area contributed by atoms with Crippen LogP contribution in [0.3, 0.4) is 0 Å². The lowest BCUT2D eigenvalue weighted by Gasteiger charge is -2.24. The fourth-order valence-corrected chi connectivity index (χ4v) is 5.00. The number of nitrogens with one attached hydrogen (secondary N) is 5. The van der Waals surface area contributed by atoms with E-state index in [9.17, 15) is 19.2 Å². The van der Waals surface area contributed by atoms with Crippen LogP contribution in [0, 0.1) is 0 Å². The van der Waals surface area contributed by atoms with Crippen molar-refractivity contribution in [1.82, 2.24) is 26.3 Å². The summed E-state index contributed by atoms with van der Waals surface area (Å²) < 4.78 is 5.38. The summed E-state index contributed by atoms with van der Waals surface area (Å²) in [6.45, 7) is 4.28. The lowest BCUT2D eigenvalue weighted by atomic mass is 10.0. The first-order valence-corrected chi connectivity index (χ1v) is 15.6. The number of carbonyl (C=O) groups is 4. The first-order valence-electron chi connectivity index (χ1n) is 15.2. The molecule has 12 heteroatoms. The van der Waals surface area contributed by atoms with E-state index in [1.54, 1.807) is 0 Å². The average Bonchev–Trinajstić information content (AvgIpc) is 3.41. The van der Waals surface area contributed by atoms with Gasteiger partial charge in [-0.25, -0.2) is 4.79 Å². The number of alkyl carbamates (subject to hydrolysis) is 1. The Bertz CT molecular complexity index is 1430. The van der Waals surface area contributed by atoms with E-state index >= 15 is 0 Å². The van der Waals surface area contributed by atoms with Crippen molar-refractivity contribution in [2.75, 3.05) is 6.54 Å². The molecule has 0 aliphatic carbocycles. The van der Waals surface area contributed by atoms with Crippen LogP contribution in [0.15, 0.2) is 60.8 Å². The molecule has 1 aromatic heterocycles. The van der Waals surface area contributed by atoms with Gasteiger partial charge in [0.2, 0.25) is 11.8 Å². The number of ether oxygens (including phenoxy) is 1. The summed E-state index contributed by atoms with van der Waals surface area (Å²) in [4.78, 5) is 54.1. The summed E-state index contributed by atoms with van der Waals surface area (Å²) in [6, 6.07) is 15.0. The topological polar surface area (TPSA) is 162 Å². The second-order valence-corrected chi connectivity index (χ2v) is 11.6. The van der Waals surface area contributed by atoms with Crippen LogP contribution in [0.4, 0.5) is 4.79 Å². The SMILES string of the molecule is CC(C)NC(=O)[C@H](Cc1c[nH]c2ccccc12)NC(=O)[C@H](CCCCNC(=S)CCCC(=O)O)NC(=O)OCc1ccccc1. The lowest BCUT2D eigenvalue weighted by molar-refractivity contribution is -0.137. The molecule has 0 spiro atoms. The maximum absolute atomic E-state index is 13.6. The molecule has 1 heterocycles. The molecule has 0 saturated carbocycles. The maximum atomic E-state index is 13.6. The van der Waals surface area contributed by atoms with Crippen molar-refractivity contribution in [3.05, 3.63) is 71.9 Å². The van der Waals surface area contributed by atoms with Crippen molar-refractivity contribution < 1.29 is 29.0 Å². The van der Waals surface area contributed by atoms with Crippen molar-refractivity contribution in [3.8, 4) is 0 Å². The molecule has 2 aromatic carbocycles. The minimum Gasteiger partial charge on any atom is -0.481 e. The predicted octanol–water partition coefficient (Wildman–Crippen LogP) is 4.36. The standard InChI is InChI=1S/C33H43N5O6S/c1-22(2)36-32(42)28(19-24-20-35-26-14-7-6-13-25(24)26)37-31(41)27(38-33(43)44-21-23-11-4-3-5-12-23)15-8-9-18-34-29(45)16-10-17-30(39)40/h3-7,11-14,20,22,27-28,35H,8-10,15-19,21H2,1-2H3,(H,34,45)(H,36,42)(H,37,41)(H,38,43)(H,39,40)/t27-,28-/m0/s1. The molecule has 45 heavy (non-hydrogen) atoms. The molecule has 0 radical (unpaired) electrons. The monoisotopic (exact) mass is 637 g/mol. The van der Waals surface area contributed by atoms with Crippen LogP contribution in [0.2, 0.25) is 0 Å². The quantitative estimate of drug-likeness (QED) is 0.0886. The predicted molar refractivity (Wildman–Crippen MR) is 177 cm³/mol. The Morgan fingerprint density at radius 2 is 1.58 bits per heavy atom. The fourth-order valence-electron chi connectivity index (χ4n) is 4.75. The summed E-state index contributed by atoms with van der Waals surface area (Å²) in [5.74, 6) is -1.68. The number of unbranched alkanes of at least 4 members (excludes halogenated alkanes) is 1. The zero-order valence-electron chi connectivity index (χ0n) is 25.8. The summed E-state index contributed by atoms with van der Waals surface area (Å²) in [5.41, 5.74) is 2.62. The number of hydrogen-bond donors (Lipinski definition) is 6. The van der Waals surface area contributed by atoms with Crippen LogP contribution in [0.5, 0.6) is 0 Å². The van der Waals surface area contributed by atoms with E-state index in [0.717, 1.165) is 22.0 Å². The highest BCUT2D eigenvalue weighted by Crippen LogP contribution is 2.19. The number of carbonyl (C=O) groups excluding carboxylic acids is 3. The Kier molecular flexibility index (Phi) is 14.3. The first-order chi connectivity index (χ1) is 21.6. The molecular weight excluding hydrogens is 594 g/mol. The molecule has 0 saturated heterocycles. The van der Waals surface area contributed by atoms with Gasteiger partial charge in [-0.3, -0.25) is 14.4 Å². The Morgan fingerprint density at radius 1 is 0.867 bits per heavy atom. The van der Waals surface area contributed by atoms with Crippen molar-refractivity contribution in [2.24, 2.45) is 0 Å². The fraction of sp³-hybridized carbons (Fsp3) is 0.424. The molecule has 0 aliphatic rings. The molecule has 11 nitrogen and oxygen atoms in total. The summed E-state index contributed by atoms with van der Waals surface area (Å²) in [6.07, 6.45) is 3.86. The van der Waals surface area contributed by atoms with Gasteiger partial charge in [-0.1, -0.05) is 60.7 Å². The summed E-state index contributed by atoms with van der Waals surface area (Å²) in [7, 11) is 0. The highest BCUT2D eigenvalue weighted by Gasteiger charge is 2.28. The van der Waals surface area contributed by atoms with Crippen molar-refractivity contribution >= 4 is 52.0 Å². The van der Waals surface area contributed by atoms with E-state index in [1.807, 2.05) is 74.6 Å². The first kappa shape index (κ1) is 35.0. The molecule has 0 aliphatic heterocycles. The number of benzene rings is 2. The van der Waals surface area contributed by atoms with Gasteiger partial charge in [-0.2, -0.15) is 0 Å². The number of aliphatic carboxylic acids is 1. The lowest BCUT2D eigenvalue weighted by Crippen LogP contribution is -2.55. The van der Waals surface area contributed by atoms with Gasteiger partial charge in [0, 0.05) is 42.5 Å². The van der Waals surface area contributed by atoms with Crippen LogP contribution in [0.1, 0.15) is 63.5 Å².